The lowest BCUT2D eigenvalue weighted by molar-refractivity contribution is -0.384. The van der Waals surface area contributed by atoms with Crippen molar-refractivity contribution in [3.05, 3.63) is 87.5 Å². The molecule has 2 aliphatic heterocycles. The molecule has 1 fully saturated rings. The van der Waals surface area contributed by atoms with Gasteiger partial charge in [-0.1, -0.05) is 12.1 Å². The highest BCUT2D eigenvalue weighted by atomic mass is 17.2. The standard InChI is InChI=1S/C31H32N6O6/c1-34-12-14-36(15-13-34)19-28(38)35(2)23-7-5-22(6-8-23)32-30(21-4-3-20-11-16-42-43-27(20)17-21)29-25-10-9-24(37(40)41)18-26(25)33-31(29)39/h3-10,17-18,33,39H,11-16,19H2,1-2H3. The number of non-ortho nitro benzene ring substituents is 1. The normalized spacial score (nSPS) is 16.1. The molecule has 0 atom stereocenters. The number of piperazine rings is 1. The number of carbonyl (C=O) groups is 1. The number of fused-ring (bicyclic) bond motifs is 2. The predicted molar refractivity (Wildman–Crippen MR) is 162 cm³/mol. The molecule has 0 saturated carbocycles. The van der Waals surface area contributed by atoms with Crippen LogP contribution in [0, 0.1) is 10.1 Å². The molecule has 1 saturated heterocycles. The van der Waals surface area contributed by atoms with E-state index in [-0.39, 0.29) is 17.5 Å². The van der Waals surface area contributed by atoms with E-state index in [4.69, 9.17) is 14.8 Å². The Bertz CT molecular complexity index is 1710. The van der Waals surface area contributed by atoms with Crippen LogP contribution in [0.4, 0.5) is 17.1 Å². The van der Waals surface area contributed by atoms with Gasteiger partial charge in [0.1, 0.15) is 0 Å². The van der Waals surface area contributed by atoms with Crippen molar-refractivity contribution >= 4 is 39.6 Å². The number of aromatic nitrogens is 1. The number of aromatic hydroxyl groups is 1. The Morgan fingerprint density at radius 2 is 1.86 bits per heavy atom. The summed E-state index contributed by atoms with van der Waals surface area (Å²) in [6, 6.07) is 17.3. The van der Waals surface area contributed by atoms with E-state index in [2.05, 4.69) is 21.8 Å². The molecule has 1 aromatic heterocycles. The van der Waals surface area contributed by atoms with Crippen LogP contribution in [0.2, 0.25) is 0 Å². The lowest BCUT2D eigenvalue weighted by Gasteiger charge is -2.32. The van der Waals surface area contributed by atoms with Gasteiger partial charge in [0.05, 0.1) is 40.6 Å². The second kappa shape index (κ2) is 11.8. The van der Waals surface area contributed by atoms with Crippen molar-refractivity contribution < 1.29 is 24.6 Å². The van der Waals surface area contributed by atoms with Crippen molar-refractivity contribution in [2.75, 3.05) is 58.3 Å². The number of aliphatic imine (C=N–C) groups is 1. The van der Waals surface area contributed by atoms with Gasteiger partial charge in [0.15, 0.2) is 11.6 Å². The molecule has 43 heavy (non-hydrogen) atoms. The van der Waals surface area contributed by atoms with Crippen LogP contribution in [-0.4, -0.2) is 89.9 Å². The number of nitro benzene ring substituents is 1. The zero-order chi connectivity index (χ0) is 30.1. The van der Waals surface area contributed by atoms with Crippen LogP contribution in [0.25, 0.3) is 10.9 Å². The monoisotopic (exact) mass is 584 g/mol. The highest BCUT2D eigenvalue weighted by Gasteiger charge is 2.23. The van der Waals surface area contributed by atoms with E-state index in [0.29, 0.717) is 58.8 Å². The minimum atomic E-state index is -0.485. The second-order valence-corrected chi connectivity index (χ2v) is 10.8. The van der Waals surface area contributed by atoms with Crippen molar-refractivity contribution in [2.45, 2.75) is 6.42 Å². The van der Waals surface area contributed by atoms with Gasteiger partial charge in [-0.15, -0.1) is 0 Å². The zero-order valence-corrected chi connectivity index (χ0v) is 23.9. The van der Waals surface area contributed by atoms with Crippen molar-refractivity contribution in [3.63, 3.8) is 0 Å². The number of anilines is 1. The molecule has 0 aliphatic carbocycles. The van der Waals surface area contributed by atoms with Gasteiger partial charge in [-0.2, -0.15) is 4.89 Å². The van der Waals surface area contributed by atoms with Gasteiger partial charge in [-0.05, 0) is 43.4 Å². The van der Waals surface area contributed by atoms with Gasteiger partial charge in [-0.3, -0.25) is 19.8 Å². The quantitative estimate of drug-likeness (QED) is 0.144. The maximum Gasteiger partial charge on any atom is 0.271 e. The number of H-pyrrole nitrogens is 1. The molecule has 1 amide bonds. The Morgan fingerprint density at radius 3 is 2.60 bits per heavy atom. The SMILES string of the molecule is CN1CCN(CC(=O)N(C)c2ccc(N=C(c3ccc4c(c3)OOCC4)c3c(O)[nH]c4cc([N+](=O)[O-])ccc34)cc2)CC1. The van der Waals surface area contributed by atoms with Crippen molar-refractivity contribution in [3.8, 4) is 11.6 Å². The topological polar surface area (TPSA) is 137 Å². The van der Waals surface area contributed by atoms with Crippen LogP contribution in [0.5, 0.6) is 11.6 Å². The summed E-state index contributed by atoms with van der Waals surface area (Å²) in [4.78, 5) is 48.3. The molecule has 222 valence electrons. The number of hydrogen-bond donors (Lipinski definition) is 2. The van der Waals surface area contributed by atoms with Crippen molar-refractivity contribution in [2.24, 2.45) is 4.99 Å². The summed E-state index contributed by atoms with van der Waals surface area (Å²) in [7, 11) is 3.85. The number of aromatic amines is 1. The van der Waals surface area contributed by atoms with E-state index in [0.717, 1.165) is 37.4 Å². The predicted octanol–water partition coefficient (Wildman–Crippen LogP) is 4.03. The number of rotatable bonds is 7. The summed E-state index contributed by atoms with van der Waals surface area (Å²) >= 11 is 0. The molecule has 0 unspecified atom stereocenters. The third kappa shape index (κ3) is 5.93. The van der Waals surface area contributed by atoms with Crippen LogP contribution in [0.3, 0.4) is 0 Å². The fourth-order valence-electron chi connectivity index (χ4n) is 5.36. The Labute approximate surface area is 247 Å². The van der Waals surface area contributed by atoms with Crippen molar-refractivity contribution in [1.29, 1.82) is 0 Å². The minimum absolute atomic E-state index is 0.00980. The molecular weight excluding hydrogens is 552 g/mol. The number of carbonyl (C=O) groups excluding carboxylic acids is 1. The van der Waals surface area contributed by atoms with E-state index in [1.54, 1.807) is 24.1 Å². The third-order valence-electron chi connectivity index (χ3n) is 7.96. The van der Waals surface area contributed by atoms with Gasteiger partial charge < -0.3 is 24.8 Å². The lowest BCUT2D eigenvalue weighted by Crippen LogP contribution is -2.48. The molecule has 0 radical (unpaired) electrons. The average Bonchev–Trinajstić information content (AvgIpc) is 3.35. The Kier molecular flexibility index (Phi) is 7.80. The molecule has 2 aliphatic rings. The first-order valence-corrected chi connectivity index (χ1v) is 14.1. The highest BCUT2D eigenvalue weighted by Crippen LogP contribution is 2.35. The summed E-state index contributed by atoms with van der Waals surface area (Å²) in [5.41, 5.74) is 4.10. The fourth-order valence-corrected chi connectivity index (χ4v) is 5.36. The second-order valence-electron chi connectivity index (χ2n) is 10.8. The summed E-state index contributed by atoms with van der Waals surface area (Å²) in [6.07, 6.45) is 0.701. The average molecular weight is 585 g/mol. The van der Waals surface area contributed by atoms with E-state index >= 15 is 0 Å². The van der Waals surface area contributed by atoms with Crippen LogP contribution in [0.15, 0.2) is 65.7 Å². The molecule has 2 N–H and O–H groups in total. The molecular formula is C31H32N6O6. The van der Waals surface area contributed by atoms with E-state index in [9.17, 15) is 20.0 Å². The van der Waals surface area contributed by atoms with Gasteiger partial charge in [-0.25, -0.2) is 4.99 Å². The molecule has 0 bridgehead atoms. The Balaban J connectivity index is 1.34. The fraction of sp³-hybridized carbons (Fsp3) is 0.290. The molecule has 3 heterocycles. The number of likely N-dealkylation sites (N-methyl/N-ethyl adjacent to an activating group) is 2. The molecule has 3 aromatic carbocycles. The Morgan fingerprint density at radius 1 is 1.09 bits per heavy atom. The van der Waals surface area contributed by atoms with E-state index in [1.807, 2.05) is 36.4 Å². The Hall–Kier alpha value is -4.78. The van der Waals surface area contributed by atoms with Crippen LogP contribution >= 0.6 is 0 Å². The van der Waals surface area contributed by atoms with Gasteiger partial charge in [0.2, 0.25) is 5.91 Å². The molecule has 0 spiro atoms. The first-order valence-electron chi connectivity index (χ1n) is 14.1. The largest absolute Gasteiger partial charge is 0.494 e. The van der Waals surface area contributed by atoms with Crippen LogP contribution in [0.1, 0.15) is 16.7 Å². The summed E-state index contributed by atoms with van der Waals surface area (Å²) < 4.78 is 0. The summed E-state index contributed by atoms with van der Waals surface area (Å²) in [6.45, 7) is 4.42. The summed E-state index contributed by atoms with van der Waals surface area (Å²) in [5, 5.41) is 22.9. The smallest absolute Gasteiger partial charge is 0.271 e. The van der Waals surface area contributed by atoms with Gasteiger partial charge in [0.25, 0.3) is 5.69 Å². The van der Waals surface area contributed by atoms with E-state index < -0.39 is 4.92 Å². The molecule has 12 nitrogen and oxygen atoms in total. The number of nitro groups is 1. The summed E-state index contributed by atoms with van der Waals surface area (Å²) in [5.74, 6) is 0.396. The highest BCUT2D eigenvalue weighted by molar-refractivity contribution is 6.22. The van der Waals surface area contributed by atoms with Gasteiger partial charge >= 0.3 is 0 Å². The number of nitrogens with zero attached hydrogens (tertiary/aromatic N) is 5. The first kappa shape index (κ1) is 28.3. The molecule has 4 aromatic rings. The molecule has 12 heteroatoms. The van der Waals surface area contributed by atoms with Crippen LogP contribution < -0.4 is 9.79 Å². The third-order valence-corrected chi connectivity index (χ3v) is 7.96. The molecule has 6 rings (SSSR count). The number of hydrogen-bond acceptors (Lipinski definition) is 9. The minimum Gasteiger partial charge on any atom is -0.494 e. The first-order chi connectivity index (χ1) is 20.8. The number of benzene rings is 3. The van der Waals surface area contributed by atoms with Crippen molar-refractivity contribution in [1.82, 2.24) is 14.8 Å². The number of amides is 1. The van der Waals surface area contributed by atoms with Gasteiger partial charge in [0, 0.05) is 74.0 Å². The number of nitrogens with one attached hydrogen (secondary N) is 1. The maximum absolute atomic E-state index is 13.0. The zero-order valence-electron chi connectivity index (χ0n) is 23.9. The van der Waals surface area contributed by atoms with E-state index in [1.165, 1.54) is 12.1 Å². The lowest BCUT2D eigenvalue weighted by atomic mass is 9.98. The maximum atomic E-state index is 13.0. The van der Waals surface area contributed by atoms with Crippen LogP contribution in [-0.2, 0) is 16.1 Å².